The van der Waals surface area contributed by atoms with Crippen molar-refractivity contribution in [3.05, 3.63) is 29.6 Å². The van der Waals surface area contributed by atoms with Gasteiger partial charge in [0.1, 0.15) is 0 Å². The lowest BCUT2D eigenvalue weighted by Crippen LogP contribution is -2.79. The maximum atomic E-state index is 14.0. The van der Waals surface area contributed by atoms with E-state index in [-0.39, 0.29) is 29.1 Å². The Morgan fingerprint density at radius 3 is 2.48 bits per heavy atom. The van der Waals surface area contributed by atoms with Gasteiger partial charge in [0, 0.05) is 45.0 Å². The minimum absolute atomic E-state index is 0.0383. The zero-order chi connectivity index (χ0) is 20.6. The number of benzene rings is 1. The van der Waals surface area contributed by atoms with Gasteiger partial charge in [-0.1, -0.05) is 0 Å². The smallest absolute Gasteiger partial charge is 0.254 e. The van der Waals surface area contributed by atoms with Crippen LogP contribution in [0, 0.1) is 5.82 Å². The number of methoxy groups -OCH3 is 2. The number of hydrogen-bond acceptors (Lipinski definition) is 5. The number of hydrogen-bond donors (Lipinski definition) is 0. The molecule has 8 heteroatoms. The average molecular weight is 406 g/mol. The lowest BCUT2D eigenvalue weighted by molar-refractivity contribution is -0.213. The molecule has 1 unspecified atom stereocenters. The molecule has 0 aromatic heterocycles. The Morgan fingerprint density at radius 2 is 1.90 bits per heavy atom. The summed E-state index contributed by atoms with van der Waals surface area (Å²) in [5.74, 6) is -0.593. The first-order chi connectivity index (χ1) is 14.0. The Bertz CT molecular complexity index is 787. The molecule has 0 bridgehead atoms. The Balaban J connectivity index is 1.42. The number of ether oxygens (including phenoxy) is 3. The number of carbonyl (C=O) groups is 2. The molecule has 158 valence electrons. The molecule has 0 radical (unpaired) electrons. The lowest BCUT2D eigenvalue weighted by atomic mass is 9.72. The normalized spacial score (nSPS) is 24.5. The molecule has 3 saturated heterocycles. The summed E-state index contributed by atoms with van der Waals surface area (Å²) < 4.78 is 29.9. The first kappa shape index (κ1) is 20.1. The van der Waals surface area contributed by atoms with Crippen molar-refractivity contribution in [3.8, 4) is 5.75 Å². The first-order valence-corrected chi connectivity index (χ1v) is 10.1. The second-order valence-corrected chi connectivity index (χ2v) is 7.91. The van der Waals surface area contributed by atoms with Crippen LogP contribution in [-0.4, -0.2) is 79.8 Å². The third kappa shape index (κ3) is 3.28. The first-order valence-electron chi connectivity index (χ1n) is 10.1. The minimum atomic E-state index is -0.550. The van der Waals surface area contributed by atoms with Crippen LogP contribution in [0.15, 0.2) is 18.2 Å². The molecular weight excluding hydrogens is 379 g/mol. The van der Waals surface area contributed by atoms with E-state index < -0.39 is 11.9 Å². The quantitative estimate of drug-likeness (QED) is 0.714. The number of nitrogens with zero attached hydrogens (tertiary/aromatic N) is 2. The van der Waals surface area contributed by atoms with Crippen molar-refractivity contribution in [2.75, 3.05) is 40.5 Å². The van der Waals surface area contributed by atoms with Crippen LogP contribution in [0.4, 0.5) is 4.39 Å². The summed E-state index contributed by atoms with van der Waals surface area (Å²) in [6.45, 7) is 2.32. The molecule has 3 aliphatic rings. The molecule has 7 nitrogen and oxygen atoms in total. The fourth-order valence-corrected chi connectivity index (χ4v) is 5.04. The Morgan fingerprint density at radius 1 is 1.21 bits per heavy atom. The van der Waals surface area contributed by atoms with E-state index in [1.165, 1.54) is 19.2 Å². The standard InChI is InChI=1S/C21H27FN2O5/c1-27-17-4-3-14(13-16(17)22)19(25)23-9-5-15(6-10-23)24-20(26)18(28-2)21(24)7-11-29-12-8-21/h3-4,13,15,18H,5-12H2,1-2H3. The van der Waals surface area contributed by atoms with Gasteiger partial charge >= 0.3 is 0 Å². The van der Waals surface area contributed by atoms with Crippen LogP contribution >= 0.6 is 0 Å². The molecule has 3 aliphatic heterocycles. The fraction of sp³-hybridized carbons (Fsp3) is 0.619. The minimum Gasteiger partial charge on any atom is -0.494 e. The van der Waals surface area contributed by atoms with Crippen molar-refractivity contribution < 1.29 is 28.2 Å². The SMILES string of the molecule is COc1ccc(C(=O)N2CCC(N3C(=O)C(OC)C34CCOCC4)CC2)cc1F. The molecule has 1 aromatic carbocycles. The van der Waals surface area contributed by atoms with Gasteiger partial charge in [0.25, 0.3) is 11.8 Å². The summed E-state index contributed by atoms with van der Waals surface area (Å²) in [7, 11) is 2.98. The zero-order valence-corrected chi connectivity index (χ0v) is 16.9. The van der Waals surface area contributed by atoms with Gasteiger partial charge in [-0.15, -0.1) is 0 Å². The zero-order valence-electron chi connectivity index (χ0n) is 16.9. The molecule has 1 aromatic rings. The molecule has 0 saturated carbocycles. The fourth-order valence-electron chi connectivity index (χ4n) is 5.04. The summed E-state index contributed by atoms with van der Waals surface area (Å²) in [6.07, 6.45) is 2.57. The van der Waals surface area contributed by atoms with Crippen molar-refractivity contribution in [1.29, 1.82) is 0 Å². The molecule has 1 atom stereocenters. The van der Waals surface area contributed by atoms with E-state index in [9.17, 15) is 14.0 Å². The Labute approximate surface area is 169 Å². The van der Waals surface area contributed by atoms with Crippen LogP contribution in [0.3, 0.4) is 0 Å². The lowest BCUT2D eigenvalue weighted by Gasteiger charge is -2.61. The Kier molecular flexibility index (Phi) is 5.48. The second kappa shape index (κ2) is 7.91. The van der Waals surface area contributed by atoms with Gasteiger partial charge in [0.2, 0.25) is 0 Å². The van der Waals surface area contributed by atoms with Crippen molar-refractivity contribution in [1.82, 2.24) is 9.80 Å². The van der Waals surface area contributed by atoms with Gasteiger partial charge in [0.15, 0.2) is 17.7 Å². The molecule has 0 aliphatic carbocycles. The molecular formula is C21H27FN2O5. The van der Waals surface area contributed by atoms with Crippen LogP contribution in [0.25, 0.3) is 0 Å². The molecule has 4 rings (SSSR count). The average Bonchev–Trinajstić information content (AvgIpc) is 2.75. The van der Waals surface area contributed by atoms with E-state index >= 15 is 0 Å². The summed E-state index contributed by atoms with van der Waals surface area (Å²) >= 11 is 0. The Hall–Kier alpha value is -2.19. The van der Waals surface area contributed by atoms with Crippen molar-refractivity contribution in [2.24, 2.45) is 0 Å². The van der Waals surface area contributed by atoms with Gasteiger partial charge in [-0.2, -0.15) is 0 Å². The van der Waals surface area contributed by atoms with E-state index in [0.717, 1.165) is 12.8 Å². The van der Waals surface area contributed by atoms with Gasteiger partial charge in [-0.3, -0.25) is 9.59 Å². The predicted octanol–water partition coefficient (Wildman–Crippen LogP) is 1.85. The van der Waals surface area contributed by atoms with Crippen LogP contribution in [0.5, 0.6) is 5.75 Å². The van der Waals surface area contributed by atoms with E-state index in [1.54, 1.807) is 18.1 Å². The number of likely N-dealkylation sites (tertiary alicyclic amines) is 2. The second-order valence-electron chi connectivity index (χ2n) is 7.91. The van der Waals surface area contributed by atoms with Gasteiger partial charge in [-0.25, -0.2) is 4.39 Å². The summed E-state index contributed by atoms with van der Waals surface area (Å²) in [5.41, 5.74) is 0.0298. The largest absolute Gasteiger partial charge is 0.494 e. The number of piperidine rings is 1. The van der Waals surface area contributed by atoms with Crippen LogP contribution in [0.1, 0.15) is 36.0 Å². The number of β-lactam (4-membered cyclic amide) rings is 1. The monoisotopic (exact) mass is 406 g/mol. The van der Waals surface area contributed by atoms with Crippen LogP contribution in [0.2, 0.25) is 0 Å². The van der Waals surface area contributed by atoms with E-state index in [1.807, 2.05) is 4.90 Å². The molecule has 3 fully saturated rings. The van der Waals surface area contributed by atoms with Gasteiger partial charge < -0.3 is 24.0 Å². The van der Waals surface area contributed by atoms with E-state index in [2.05, 4.69) is 0 Å². The number of amides is 2. The van der Waals surface area contributed by atoms with Crippen molar-refractivity contribution in [2.45, 2.75) is 43.4 Å². The highest BCUT2D eigenvalue weighted by molar-refractivity contribution is 5.94. The molecule has 0 N–H and O–H groups in total. The number of halogens is 1. The van der Waals surface area contributed by atoms with Crippen LogP contribution < -0.4 is 4.74 Å². The molecule has 2 amide bonds. The summed E-state index contributed by atoms with van der Waals surface area (Å²) in [6, 6.07) is 4.35. The maximum absolute atomic E-state index is 14.0. The highest BCUT2D eigenvalue weighted by Gasteiger charge is 2.62. The topological polar surface area (TPSA) is 68.3 Å². The van der Waals surface area contributed by atoms with Gasteiger partial charge in [-0.05, 0) is 43.9 Å². The molecule has 29 heavy (non-hydrogen) atoms. The van der Waals surface area contributed by atoms with Gasteiger partial charge in [0.05, 0.1) is 12.6 Å². The van der Waals surface area contributed by atoms with E-state index in [4.69, 9.17) is 14.2 Å². The van der Waals surface area contributed by atoms with E-state index in [0.29, 0.717) is 44.7 Å². The number of carbonyl (C=O) groups excluding carboxylic acids is 2. The summed E-state index contributed by atoms with van der Waals surface area (Å²) in [5, 5.41) is 0. The third-order valence-corrected chi connectivity index (χ3v) is 6.54. The summed E-state index contributed by atoms with van der Waals surface area (Å²) in [4.78, 5) is 29.2. The maximum Gasteiger partial charge on any atom is 0.254 e. The third-order valence-electron chi connectivity index (χ3n) is 6.54. The predicted molar refractivity (Wildman–Crippen MR) is 102 cm³/mol. The number of rotatable bonds is 4. The van der Waals surface area contributed by atoms with Crippen LogP contribution in [-0.2, 0) is 14.3 Å². The molecule has 1 spiro atoms. The highest BCUT2D eigenvalue weighted by Crippen LogP contribution is 2.45. The highest BCUT2D eigenvalue weighted by atomic mass is 19.1. The van der Waals surface area contributed by atoms with Crippen molar-refractivity contribution in [3.63, 3.8) is 0 Å². The molecule has 3 heterocycles. The van der Waals surface area contributed by atoms with Crippen molar-refractivity contribution >= 4 is 11.8 Å².